The molecular formula is C47H32F4N2O5. The Morgan fingerprint density at radius 3 is 1.55 bits per heavy atom. The fraction of sp³-hybridized carbons (Fsp3) is 0.0851. The summed E-state index contributed by atoms with van der Waals surface area (Å²) in [7, 11) is 0. The molecule has 0 saturated carbocycles. The number of nitrogens with zero attached hydrogens (tertiary/aromatic N) is 1. The Hall–Kier alpha value is -7.45. The molecule has 11 heteroatoms. The van der Waals surface area contributed by atoms with E-state index in [1.807, 2.05) is 66.7 Å². The second kappa shape index (κ2) is 17.1. The third kappa shape index (κ3) is 8.82. The summed E-state index contributed by atoms with van der Waals surface area (Å²) in [6.07, 6.45) is 0.894. The number of carbonyl (C=O) groups is 2. The number of amides is 1. The van der Waals surface area contributed by atoms with Gasteiger partial charge in [-0.15, -0.1) is 0 Å². The molecule has 288 valence electrons. The van der Waals surface area contributed by atoms with Crippen LogP contribution >= 0.6 is 0 Å². The number of aromatic carboxylic acids is 1. The number of rotatable bonds is 10. The number of carbonyl (C=O) groups excluding carboxylic acids is 1. The van der Waals surface area contributed by atoms with Crippen molar-refractivity contribution in [2.45, 2.75) is 19.3 Å². The number of carboxylic acid groups (broad SMARTS) is 1. The van der Waals surface area contributed by atoms with Crippen molar-refractivity contribution in [1.82, 2.24) is 5.32 Å². The normalized spacial score (nSPS) is 10.9. The zero-order valence-electron chi connectivity index (χ0n) is 30.6. The van der Waals surface area contributed by atoms with E-state index in [0.29, 0.717) is 58.8 Å². The van der Waals surface area contributed by atoms with Gasteiger partial charge in [-0.3, -0.25) is 4.79 Å². The number of halogens is 4. The lowest BCUT2D eigenvalue weighted by Gasteiger charge is -2.07. The Morgan fingerprint density at radius 1 is 0.586 bits per heavy atom. The molecule has 0 aliphatic carbocycles. The van der Waals surface area contributed by atoms with Crippen LogP contribution in [0.3, 0.4) is 0 Å². The van der Waals surface area contributed by atoms with Crippen molar-refractivity contribution in [3.05, 3.63) is 191 Å². The highest BCUT2D eigenvalue weighted by Crippen LogP contribution is 2.34. The Kier molecular flexibility index (Phi) is 11.5. The van der Waals surface area contributed by atoms with Gasteiger partial charge in [0.2, 0.25) is 0 Å². The Bertz CT molecular complexity index is 2860. The summed E-state index contributed by atoms with van der Waals surface area (Å²) < 4.78 is 65.2. The van der Waals surface area contributed by atoms with Gasteiger partial charge in [-0.2, -0.15) is 5.26 Å². The summed E-state index contributed by atoms with van der Waals surface area (Å²) >= 11 is 0. The number of hydrogen-bond donors (Lipinski definition) is 2. The third-order valence-corrected chi connectivity index (χ3v) is 9.29. The molecule has 2 aromatic heterocycles. The molecule has 2 N–H and O–H groups in total. The minimum Gasteiger partial charge on any atom is -0.478 e. The van der Waals surface area contributed by atoms with Gasteiger partial charge in [-0.25, -0.2) is 22.4 Å². The van der Waals surface area contributed by atoms with Crippen LogP contribution in [0.2, 0.25) is 0 Å². The number of furan rings is 2. The molecule has 58 heavy (non-hydrogen) atoms. The van der Waals surface area contributed by atoms with Crippen molar-refractivity contribution in [2.24, 2.45) is 0 Å². The van der Waals surface area contributed by atoms with E-state index < -0.39 is 29.2 Å². The molecule has 0 unspecified atom stereocenters. The van der Waals surface area contributed by atoms with Gasteiger partial charge in [0.15, 0.2) is 23.3 Å². The number of nitriles is 1. The fourth-order valence-electron chi connectivity index (χ4n) is 6.55. The molecule has 0 fully saturated rings. The lowest BCUT2D eigenvalue weighted by molar-refractivity contribution is 0.0696. The zero-order valence-corrected chi connectivity index (χ0v) is 30.6. The maximum Gasteiger partial charge on any atom is 0.335 e. The van der Waals surface area contributed by atoms with E-state index in [0.717, 1.165) is 57.3 Å². The van der Waals surface area contributed by atoms with Gasteiger partial charge in [-0.05, 0) is 82.9 Å². The van der Waals surface area contributed by atoms with Crippen LogP contribution in [0.25, 0.3) is 44.2 Å². The maximum absolute atomic E-state index is 13.5. The standard InChI is InChI=1S/C25H18F2N2O2.C22H14F2O3/c26-22-9-8-16(13-23(22)27)12-20-15-18-5-2-7-21(24(18)31-20)17-4-1-6-19(14-17)25(30)29-11-3-10-28;23-19-8-7-13(10-20(19)24)9-17-12-15-4-2-6-18(21(15)27-17)14-3-1-5-16(11-14)22(25)26/h1-2,4-9,13-15H,3,11-12H2,(H,29,30);1-8,10-12H,9H2,(H,25,26). The molecule has 6 aromatic carbocycles. The molecule has 8 aromatic rings. The Balaban J connectivity index is 0.000000178. The summed E-state index contributed by atoms with van der Waals surface area (Å²) in [4.78, 5) is 23.6. The lowest BCUT2D eigenvalue weighted by atomic mass is 10.0. The first-order valence-electron chi connectivity index (χ1n) is 18.1. The number of fused-ring (bicyclic) bond motifs is 2. The molecule has 0 bridgehead atoms. The van der Waals surface area contributed by atoms with E-state index in [1.54, 1.807) is 30.3 Å². The molecule has 8 rings (SSSR count). The topological polar surface area (TPSA) is 116 Å². The smallest absolute Gasteiger partial charge is 0.335 e. The lowest BCUT2D eigenvalue weighted by Crippen LogP contribution is -2.24. The van der Waals surface area contributed by atoms with Gasteiger partial charge in [0.05, 0.1) is 18.1 Å². The van der Waals surface area contributed by atoms with Gasteiger partial charge < -0.3 is 19.3 Å². The van der Waals surface area contributed by atoms with Gasteiger partial charge in [0.1, 0.15) is 22.7 Å². The largest absolute Gasteiger partial charge is 0.478 e. The minimum absolute atomic E-state index is 0.193. The fourth-order valence-corrected chi connectivity index (χ4v) is 6.55. The summed E-state index contributed by atoms with van der Waals surface area (Å²) in [6.45, 7) is 0.292. The minimum atomic E-state index is -0.998. The van der Waals surface area contributed by atoms with Crippen molar-refractivity contribution in [1.29, 1.82) is 5.26 Å². The number of hydrogen-bond acceptors (Lipinski definition) is 5. The van der Waals surface area contributed by atoms with E-state index in [1.165, 1.54) is 18.2 Å². The molecule has 0 spiro atoms. The second-order valence-corrected chi connectivity index (χ2v) is 13.4. The van der Waals surface area contributed by atoms with Crippen LogP contribution in [0.4, 0.5) is 17.6 Å². The number of para-hydroxylation sites is 2. The summed E-state index contributed by atoms with van der Waals surface area (Å²) in [5.74, 6) is -3.56. The first-order valence-corrected chi connectivity index (χ1v) is 18.1. The Morgan fingerprint density at radius 2 is 1.07 bits per heavy atom. The predicted molar refractivity (Wildman–Crippen MR) is 211 cm³/mol. The molecule has 0 saturated heterocycles. The molecule has 0 aliphatic rings. The van der Waals surface area contributed by atoms with Crippen molar-refractivity contribution >= 4 is 33.8 Å². The number of nitrogens with one attached hydrogen (secondary N) is 1. The van der Waals surface area contributed by atoms with Crippen molar-refractivity contribution in [2.75, 3.05) is 6.54 Å². The number of benzene rings is 6. The number of carboxylic acids is 1. The predicted octanol–water partition coefficient (Wildman–Crippen LogP) is 11.3. The monoisotopic (exact) mass is 780 g/mol. The van der Waals surface area contributed by atoms with Gasteiger partial charge >= 0.3 is 5.97 Å². The average Bonchev–Trinajstić information content (AvgIpc) is 3.84. The van der Waals surface area contributed by atoms with Crippen LogP contribution in [0.1, 0.15) is 49.8 Å². The quantitative estimate of drug-likeness (QED) is 0.105. The van der Waals surface area contributed by atoms with E-state index in [4.69, 9.17) is 14.1 Å². The van der Waals surface area contributed by atoms with Crippen LogP contribution in [-0.4, -0.2) is 23.5 Å². The first-order chi connectivity index (χ1) is 28.1. The van der Waals surface area contributed by atoms with Crippen LogP contribution in [0.15, 0.2) is 142 Å². The van der Waals surface area contributed by atoms with Crippen molar-refractivity contribution in [3.8, 4) is 28.3 Å². The second-order valence-electron chi connectivity index (χ2n) is 13.4. The van der Waals surface area contributed by atoms with E-state index in [2.05, 4.69) is 5.32 Å². The SMILES string of the molecule is N#CCCNC(=O)c1cccc(-c2cccc3cc(Cc4ccc(F)c(F)c4)oc23)c1.O=C(O)c1cccc(-c2cccc3cc(Cc4ccc(F)c(F)c4)oc23)c1. The molecule has 0 radical (unpaired) electrons. The summed E-state index contributed by atoms with van der Waals surface area (Å²) in [5, 5.41) is 22.3. The van der Waals surface area contributed by atoms with E-state index in [9.17, 15) is 32.3 Å². The van der Waals surface area contributed by atoms with Gasteiger partial charge in [0.25, 0.3) is 5.91 Å². The van der Waals surface area contributed by atoms with Gasteiger partial charge in [0, 0.05) is 46.8 Å². The highest BCUT2D eigenvalue weighted by Gasteiger charge is 2.15. The summed E-state index contributed by atoms with van der Waals surface area (Å²) in [5.41, 5.74) is 6.30. The molecule has 0 atom stereocenters. The zero-order chi connectivity index (χ0) is 40.8. The van der Waals surface area contributed by atoms with Crippen LogP contribution < -0.4 is 5.32 Å². The van der Waals surface area contributed by atoms with Crippen LogP contribution in [-0.2, 0) is 12.8 Å². The third-order valence-electron chi connectivity index (χ3n) is 9.29. The molecule has 7 nitrogen and oxygen atoms in total. The molecular weight excluding hydrogens is 749 g/mol. The van der Waals surface area contributed by atoms with Crippen LogP contribution in [0.5, 0.6) is 0 Å². The van der Waals surface area contributed by atoms with Crippen LogP contribution in [0, 0.1) is 34.6 Å². The molecule has 2 heterocycles. The Labute approximate surface area is 329 Å². The van der Waals surface area contributed by atoms with Gasteiger partial charge in [-0.1, -0.05) is 72.8 Å². The average molecular weight is 781 g/mol. The molecule has 1 amide bonds. The molecule has 0 aliphatic heterocycles. The first kappa shape index (κ1) is 38.8. The summed E-state index contributed by atoms with van der Waals surface area (Å²) in [6, 6.07) is 38.4. The van der Waals surface area contributed by atoms with Crippen molar-refractivity contribution in [3.63, 3.8) is 0 Å². The van der Waals surface area contributed by atoms with E-state index in [-0.39, 0.29) is 17.9 Å². The highest BCUT2D eigenvalue weighted by atomic mass is 19.2. The maximum atomic E-state index is 13.5. The van der Waals surface area contributed by atoms with Crippen molar-refractivity contribution < 1.29 is 41.1 Å². The highest BCUT2D eigenvalue weighted by molar-refractivity contribution is 5.98. The van der Waals surface area contributed by atoms with E-state index >= 15 is 0 Å².